The summed E-state index contributed by atoms with van der Waals surface area (Å²) in [5.41, 5.74) is 0. The van der Waals surface area contributed by atoms with Crippen LogP contribution in [0.1, 0.15) is 32.1 Å². The summed E-state index contributed by atoms with van der Waals surface area (Å²) < 4.78 is 16.5. The number of likely N-dealkylation sites (N-methyl/N-ethyl adjacent to an activating group) is 1. The van der Waals surface area contributed by atoms with Crippen molar-refractivity contribution in [1.29, 1.82) is 0 Å². The first-order valence-corrected chi connectivity index (χ1v) is 7.80. The Hall–Kier alpha value is -1.42. The minimum atomic E-state index is 0.405. The van der Waals surface area contributed by atoms with E-state index in [0.29, 0.717) is 12.6 Å². The quantitative estimate of drug-likeness (QED) is 0.837. The van der Waals surface area contributed by atoms with Gasteiger partial charge < -0.3 is 19.5 Å². The third-order valence-corrected chi connectivity index (χ3v) is 4.34. The third-order valence-electron chi connectivity index (χ3n) is 4.34. The number of hydrogen-bond donors (Lipinski definition) is 1. The summed E-state index contributed by atoms with van der Waals surface area (Å²) in [6, 6.07) is 6.05. The van der Waals surface area contributed by atoms with Crippen LogP contribution >= 0.6 is 0 Å². The van der Waals surface area contributed by atoms with Crippen molar-refractivity contribution in [2.24, 2.45) is 5.92 Å². The van der Waals surface area contributed by atoms with E-state index >= 15 is 0 Å². The molecule has 0 aliphatic heterocycles. The van der Waals surface area contributed by atoms with E-state index in [1.165, 1.54) is 32.1 Å². The SMILES string of the molecule is CNC(COc1cc(OC)cc(OC)c1)C1CCCCC1. The molecule has 21 heavy (non-hydrogen) atoms. The molecule has 1 aliphatic rings. The minimum absolute atomic E-state index is 0.405. The van der Waals surface area contributed by atoms with Crippen LogP contribution < -0.4 is 19.5 Å². The Kier molecular flexibility index (Phi) is 6.18. The summed E-state index contributed by atoms with van der Waals surface area (Å²) in [6.45, 7) is 0.678. The molecule has 4 heteroatoms. The molecule has 1 atom stereocenters. The smallest absolute Gasteiger partial charge is 0.126 e. The van der Waals surface area contributed by atoms with Crippen LogP contribution in [0.5, 0.6) is 17.2 Å². The van der Waals surface area contributed by atoms with Crippen LogP contribution in [-0.4, -0.2) is 33.9 Å². The van der Waals surface area contributed by atoms with E-state index in [9.17, 15) is 0 Å². The highest BCUT2D eigenvalue weighted by Gasteiger charge is 2.22. The second kappa shape index (κ2) is 8.13. The zero-order chi connectivity index (χ0) is 15.1. The third kappa shape index (κ3) is 4.53. The van der Waals surface area contributed by atoms with Crippen molar-refractivity contribution in [2.45, 2.75) is 38.1 Å². The first-order valence-electron chi connectivity index (χ1n) is 7.80. The van der Waals surface area contributed by atoms with Crippen LogP contribution in [-0.2, 0) is 0 Å². The van der Waals surface area contributed by atoms with Crippen LogP contribution in [0.25, 0.3) is 0 Å². The molecule has 0 amide bonds. The number of rotatable bonds is 7. The fourth-order valence-corrected chi connectivity index (χ4v) is 3.04. The Labute approximate surface area is 127 Å². The zero-order valence-corrected chi connectivity index (χ0v) is 13.4. The lowest BCUT2D eigenvalue weighted by atomic mass is 9.84. The molecule has 0 spiro atoms. The molecule has 1 N–H and O–H groups in total. The first-order chi connectivity index (χ1) is 10.3. The Morgan fingerprint density at radius 1 is 1.00 bits per heavy atom. The van der Waals surface area contributed by atoms with Crippen molar-refractivity contribution in [1.82, 2.24) is 5.32 Å². The highest BCUT2D eigenvalue weighted by Crippen LogP contribution is 2.29. The zero-order valence-electron chi connectivity index (χ0n) is 13.4. The molecule has 0 bridgehead atoms. The molecular weight excluding hydrogens is 266 g/mol. The van der Waals surface area contributed by atoms with Gasteiger partial charge in [0, 0.05) is 24.2 Å². The normalized spacial score (nSPS) is 17.3. The van der Waals surface area contributed by atoms with Gasteiger partial charge in [-0.05, 0) is 25.8 Å². The summed E-state index contributed by atoms with van der Waals surface area (Å²) in [7, 11) is 5.32. The van der Waals surface area contributed by atoms with Crippen molar-refractivity contribution in [3.8, 4) is 17.2 Å². The van der Waals surface area contributed by atoms with E-state index in [1.54, 1.807) is 14.2 Å². The van der Waals surface area contributed by atoms with E-state index in [0.717, 1.165) is 23.2 Å². The summed E-state index contributed by atoms with van der Waals surface area (Å²) >= 11 is 0. The van der Waals surface area contributed by atoms with Crippen LogP contribution in [0.4, 0.5) is 0 Å². The van der Waals surface area contributed by atoms with Gasteiger partial charge in [-0.1, -0.05) is 19.3 Å². The fraction of sp³-hybridized carbons (Fsp3) is 0.647. The Bertz CT molecular complexity index is 408. The maximum Gasteiger partial charge on any atom is 0.126 e. The first kappa shape index (κ1) is 16.0. The topological polar surface area (TPSA) is 39.7 Å². The van der Waals surface area contributed by atoms with Gasteiger partial charge in [0.05, 0.1) is 14.2 Å². The average Bonchev–Trinajstić information content (AvgIpc) is 2.56. The molecule has 0 heterocycles. The highest BCUT2D eigenvalue weighted by atomic mass is 16.5. The average molecular weight is 293 g/mol. The van der Waals surface area contributed by atoms with Crippen molar-refractivity contribution < 1.29 is 14.2 Å². The second-order valence-electron chi connectivity index (χ2n) is 5.65. The van der Waals surface area contributed by atoms with Gasteiger partial charge in [-0.25, -0.2) is 0 Å². The van der Waals surface area contributed by atoms with Crippen molar-refractivity contribution in [2.75, 3.05) is 27.9 Å². The maximum absolute atomic E-state index is 5.97. The molecule has 118 valence electrons. The molecule has 1 saturated carbocycles. The predicted molar refractivity (Wildman–Crippen MR) is 84.5 cm³/mol. The van der Waals surface area contributed by atoms with E-state index in [2.05, 4.69) is 5.32 Å². The van der Waals surface area contributed by atoms with E-state index < -0.39 is 0 Å². The lowest BCUT2D eigenvalue weighted by Crippen LogP contribution is -2.39. The van der Waals surface area contributed by atoms with Gasteiger partial charge in [0.1, 0.15) is 23.9 Å². The lowest BCUT2D eigenvalue weighted by molar-refractivity contribution is 0.192. The second-order valence-corrected chi connectivity index (χ2v) is 5.65. The van der Waals surface area contributed by atoms with Crippen LogP contribution in [0.3, 0.4) is 0 Å². The number of ether oxygens (including phenoxy) is 3. The van der Waals surface area contributed by atoms with Crippen LogP contribution in [0.2, 0.25) is 0 Å². The van der Waals surface area contributed by atoms with Gasteiger partial charge in [0.15, 0.2) is 0 Å². The number of methoxy groups -OCH3 is 2. The largest absolute Gasteiger partial charge is 0.496 e. The summed E-state index contributed by atoms with van der Waals surface area (Å²) in [5, 5.41) is 3.41. The molecule has 1 fully saturated rings. The molecule has 0 aromatic heterocycles. The summed E-state index contributed by atoms with van der Waals surface area (Å²) in [5.74, 6) is 3.02. The highest BCUT2D eigenvalue weighted by molar-refractivity contribution is 5.42. The minimum Gasteiger partial charge on any atom is -0.496 e. The molecular formula is C17H27NO3. The van der Waals surface area contributed by atoms with Gasteiger partial charge >= 0.3 is 0 Å². The van der Waals surface area contributed by atoms with Crippen LogP contribution in [0.15, 0.2) is 18.2 Å². The lowest BCUT2D eigenvalue weighted by Gasteiger charge is -2.30. The number of nitrogens with one attached hydrogen (secondary N) is 1. The van der Waals surface area contributed by atoms with Crippen LogP contribution in [0, 0.1) is 5.92 Å². The standard InChI is InChI=1S/C17H27NO3/c1-18-17(13-7-5-4-6-8-13)12-21-16-10-14(19-2)9-15(11-16)20-3/h9-11,13,17-18H,4-8,12H2,1-3H3. The van der Waals surface area contributed by atoms with Crippen molar-refractivity contribution >= 4 is 0 Å². The van der Waals surface area contributed by atoms with Gasteiger partial charge in [-0.3, -0.25) is 0 Å². The monoisotopic (exact) mass is 293 g/mol. The number of benzene rings is 1. The molecule has 1 unspecified atom stereocenters. The molecule has 1 aromatic rings. The molecule has 1 aromatic carbocycles. The molecule has 0 radical (unpaired) electrons. The number of hydrogen-bond acceptors (Lipinski definition) is 4. The fourth-order valence-electron chi connectivity index (χ4n) is 3.04. The Morgan fingerprint density at radius 2 is 1.57 bits per heavy atom. The molecule has 2 rings (SSSR count). The molecule has 1 aliphatic carbocycles. The maximum atomic E-state index is 5.97. The Morgan fingerprint density at radius 3 is 2.10 bits per heavy atom. The summed E-state index contributed by atoms with van der Waals surface area (Å²) in [4.78, 5) is 0. The molecule has 4 nitrogen and oxygen atoms in total. The predicted octanol–water partition coefficient (Wildman–Crippen LogP) is 3.25. The van der Waals surface area contributed by atoms with E-state index in [1.807, 2.05) is 25.2 Å². The van der Waals surface area contributed by atoms with Gasteiger partial charge in [-0.2, -0.15) is 0 Å². The van der Waals surface area contributed by atoms with Gasteiger partial charge in [0.2, 0.25) is 0 Å². The van der Waals surface area contributed by atoms with Crippen molar-refractivity contribution in [3.05, 3.63) is 18.2 Å². The van der Waals surface area contributed by atoms with Gasteiger partial charge in [0.25, 0.3) is 0 Å². The Balaban J connectivity index is 1.96. The van der Waals surface area contributed by atoms with E-state index in [4.69, 9.17) is 14.2 Å². The van der Waals surface area contributed by atoms with E-state index in [-0.39, 0.29) is 0 Å². The van der Waals surface area contributed by atoms with Gasteiger partial charge in [-0.15, -0.1) is 0 Å². The summed E-state index contributed by atoms with van der Waals surface area (Å²) in [6.07, 6.45) is 6.67. The molecule has 0 saturated heterocycles. The van der Waals surface area contributed by atoms with Crippen molar-refractivity contribution in [3.63, 3.8) is 0 Å².